The predicted octanol–water partition coefficient (Wildman–Crippen LogP) is 3.26. The van der Waals surface area contributed by atoms with Gasteiger partial charge in [0.1, 0.15) is 5.75 Å². The number of rotatable bonds is 6. The summed E-state index contributed by atoms with van der Waals surface area (Å²) in [5, 5.41) is 4.51. The molecule has 0 fully saturated rings. The number of nitrogens with one attached hydrogen (secondary N) is 1. The van der Waals surface area contributed by atoms with Gasteiger partial charge in [0.2, 0.25) is 0 Å². The molecule has 1 rings (SSSR count). The predicted molar refractivity (Wildman–Crippen MR) is 77.7 cm³/mol. The van der Waals surface area contributed by atoms with Gasteiger partial charge in [0.05, 0.1) is 5.02 Å². The van der Waals surface area contributed by atoms with Crippen LogP contribution in [0, 0.1) is 5.92 Å². The molecule has 0 aliphatic rings. The van der Waals surface area contributed by atoms with E-state index in [1.54, 1.807) is 24.3 Å². The number of hydrogen-bond donors (Lipinski definition) is 1. The molecular formula is C14H19ClN2O2. The third-order valence-corrected chi connectivity index (χ3v) is 3.19. The van der Waals surface area contributed by atoms with Crippen molar-refractivity contribution in [2.45, 2.75) is 27.2 Å². The van der Waals surface area contributed by atoms with E-state index >= 15 is 0 Å². The number of carbonyl (C=O) groups excluding carboxylic acids is 1. The first-order valence-electron chi connectivity index (χ1n) is 6.25. The van der Waals surface area contributed by atoms with Gasteiger partial charge < -0.3 is 4.74 Å². The molecule has 1 atom stereocenters. The van der Waals surface area contributed by atoms with Crippen LogP contribution in [0.3, 0.4) is 0 Å². The monoisotopic (exact) mass is 282 g/mol. The summed E-state index contributed by atoms with van der Waals surface area (Å²) in [7, 11) is 0. The summed E-state index contributed by atoms with van der Waals surface area (Å²) in [5.41, 5.74) is 3.37. The second-order valence-corrected chi connectivity index (χ2v) is 4.72. The van der Waals surface area contributed by atoms with E-state index in [0.29, 0.717) is 16.7 Å². The van der Waals surface area contributed by atoms with Gasteiger partial charge in [-0.15, -0.1) is 0 Å². The van der Waals surface area contributed by atoms with Gasteiger partial charge in [0.25, 0.3) is 5.91 Å². The maximum Gasteiger partial charge on any atom is 0.277 e. The minimum Gasteiger partial charge on any atom is -0.482 e. The van der Waals surface area contributed by atoms with Crippen molar-refractivity contribution in [3.8, 4) is 5.75 Å². The molecule has 1 N–H and O–H groups in total. The molecule has 5 heteroatoms. The van der Waals surface area contributed by atoms with Crippen LogP contribution in [0.25, 0.3) is 0 Å². The van der Waals surface area contributed by atoms with Crippen molar-refractivity contribution in [2.24, 2.45) is 11.0 Å². The van der Waals surface area contributed by atoms with Crippen LogP contribution in [0.5, 0.6) is 5.75 Å². The molecule has 0 aliphatic carbocycles. The van der Waals surface area contributed by atoms with Crippen molar-refractivity contribution in [1.29, 1.82) is 0 Å². The molecule has 0 unspecified atom stereocenters. The number of carbonyl (C=O) groups is 1. The quantitative estimate of drug-likeness (QED) is 0.643. The topological polar surface area (TPSA) is 50.7 Å². The average molecular weight is 283 g/mol. The molecule has 0 bridgehead atoms. The van der Waals surface area contributed by atoms with Crippen molar-refractivity contribution in [3.05, 3.63) is 29.3 Å². The van der Waals surface area contributed by atoms with E-state index in [1.807, 2.05) is 6.92 Å². The zero-order valence-electron chi connectivity index (χ0n) is 11.4. The summed E-state index contributed by atoms with van der Waals surface area (Å²) >= 11 is 5.91. The molecule has 0 radical (unpaired) electrons. The van der Waals surface area contributed by atoms with Crippen molar-refractivity contribution in [3.63, 3.8) is 0 Å². The lowest BCUT2D eigenvalue weighted by Crippen LogP contribution is -2.26. The molecule has 0 saturated heterocycles. The Bertz CT molecular complexity index is 461. The van der Waals surface area contributed by atoms with E-state index < -0.39 is 0 Å². The normalized spacial score (nSPS) is 12.9. The maximum atomic E-state index is 11.6. The number of benzene rings is 1. The van der Waals surface area contributed by atoms with E-state index in [1.165, 1.54) is 0 Å². The fraction of sp³-hybridized carbons (Fsp3) is 0.429. The lowest BCUT2D eigenvalue weighted by molar-refractivity contribution is -0.123. The fourth-order valence-corrected chi connectivity index (χ4v) is 1.48. The molecule has 4 nitrogen and oxygen atoms in total. The highest BCUT2D eigenvalue weighted by molar-refractivity contribution is 6.32. The fourth-order valence-electron chi connectivity index (χ4n) is 1.29. The molecule has 0 aromatic heterocycles. The van der Waals surface area contributed by atoms with Crippen LogP contribution in [-0.2, 0) is 4.79 Å². The number of ether oxygens (including phenoxy) is 1. The Morgan fingerprint density at radius 2 is 2.16 bits per heavy atom. The highest BCUT2D eigenvalue weighted by Gasteiger charge is 2.06. The molecule has 0 spiro atoms. The summed E-state index contributed by atoms with van der Waals surface area (Å²) < 4.78 is 5.30. The van der Waals surface area contributed by atoms with Crippen molar-refractivity contribution in [1.82, 2.24) is 5.43 Å². The minimum absolute atomic E-state index is 0.110. The number of amides is 1. The van der Waals surface area contributed by atoms with Crippen molar-refractivity contribution < 1.29 is 9.53 Å². The standard InChI is InChI=1S/C14H19ClN2O2/c1-4-10(2)11(3)16-17-14(18)9-19-13-8-6-5-7-12(13)15/h5-8,10H,4,9H2,1-3H3,(H,17,18)/b16-11-/t10-/m1/s1. The Labute approximate surface area is 118 Å². The highest BCUT2D eigenvalue weighted by atomic mass is 35.5. The van der Waals surface area contributed by atoms with Crippen molar-refractivity contribution in [2.75, 3.05) is 6.61 Å². The second kappa shape index (κ2) is 7.79. The Morgan fingerprint density at radius 1 is 1.47 bits per heavy atom. The van der Waals surface area contributed by atoms with Gasteiger partial charge in [-0.05, 0) is 31.4 Å². The van der Waals surface area contributed by atoms with Gasteiger partial charge in [-0.25, -0.2) is 5.43 Å². The van der Waals surface area contributed by atoms with E-state index in [0.717, 1.165) is 12.1 Å². The van der Waals surface area contributed by atoms with Crippen LogP contribution >= 0.6 is 11.6 Å². The Hall–Kier alpha value is -1.55. The summed E-state index contributed by atoms with van der Waals surface area (Å²) in [6.07, 6.45) is 0.987. The van der Waals surface area contributed by atoms with Crippen LogP contribution < -0.4 is 10.2 Å². The molecule has 1 aromatic carbocycles. The van der Waals surface area contributed by atoms with E-state index in [4.69, 9.17) is 16.3 Å². The number of nitrogens with zero attached hydrogens (tertiary/aromatic N) is 1. The Kier molecular flexibility index (Phi) is 6.36. The number of para-hydroxylation sites is 1. The Morgan fingerprint density at radius 3 is 2.79 bits per heavy atom. The van der Waals surface area contributed by atoms with Crippen LogP contribution in [0.15, 0.2) is 29.4 Å². The molecule has 0 saturated carbocycles. The summed E-state index contributed by atoms with van der Waals surface area (Å²) in [4.78, 5) is 11.6. The first kappa shape index (κ1) is 15.5. The lowest BCUT2D eigenvalue weighted by Gasteiger charge is -2.09. The third kappa shape index (κ3) is 5.30. The van der Waals surface area contributed by atoms with Gasteiger partial charge >= 0.3 is 0 Å². The van der Waals surface area contributed by atoms with Crippen LogP contribution in [0.2, 0.25) is 5.02 Å². The van der Waals surface area contributed by atoms with Crippen LogP contribution in [-0.4, -0.2) is 18.2 Å². The number of halogens is 1. The van der Waals surface area contributed by atoms with E-state index in [-0.39, 0.29) is 12.5 Å². The second-order valence-electron chi connectivity index (χ2n) is 4.32. The smallest absolute Gasteiger partial charge is 0.277 e. The van der Waals surface area contributed by atoms with Gasteiger partial charge in [-0.1, -0.05) is 37.6 Å². The van der Waals surface area contributed by atoms with E-state index in [2.05, 4.69) is 24.4 Å². The molecule has 1 aromatic rings. The molecule has 1 amide bonds. The van der Waals surface area contributed by atoms with E-state index in [9.17, 15) is 4.79 Å². The zero-order valence-corrected chi connectivity index (χ0v) is 12.2. The third-order valence-electron chi connectivity index (χ3n) is 2.88. The molecular weight excluding hydrogens is 264 g/mol. The summed E-state index contributed by atoms with van der Waals surface area (Å²) in [5.74, 6) is 0.536. The average Bonchev–Trinajstić information content (AvgIpc) is 2.42. The largest absolute Gasteiger partial charge is 0.482 e. The first-order valence-corrected chi connectivity index (χ1v) is 6.62. The number of hydrazone groups is 1. The van der Waals surface area contributed by atoms with Gasteiger partial charge in [-0.3, -0.25) is 4.79 Å². The first-order chi connectivity index (χ1) is 9.04. The Balaban J connectivity index is 2.43. The van der Waals surface area contributed by atoms with Gasteiger partial charge in [0.15, 0.2) is 6.61 Å². The zero-order chi connectivity index (χ0) is 14.3. The summed E-state index contributed by atoms with van der Waals surface area (Å²) in [6.45, 7) is 5.92. The molecule has 0 heterocycles. The van der Waals surface area contributed by atoms with Gasteiger partial charge in [0, 0.05) is 5.71 Å². The summed E-state index contributed by atoms with van der Waals surface area (Å²) in [6, 6.07) is 7.02. The van der Waals surface area contributed by atoms with Crippen molar-refractivity contribution >= 4 is 23.2 Å². The molecule has 19 heavy (non-hydrogen) atoms. The van der Waals surface area contributed by atoms with Crippen LogP contribution in [0.1, 0.15) is 27.2 Å². The maximum absolute atomic E-state index is 11.6. The minimum atomic E-state index is -0.303. The molecule has 0 aliphatic heterocycles. The molecule has 104 valence electrons. The number of hydrogen-bond acceptors (Lipinski definition) is 3. The lowest BCUT2D eigenvalue weighted by atomic mass is 10.1. The highest BCUT2D eigenvalue weighted by Crippen LogP contribution is 2.22. The SMILES string of the molecule is CC[C@@H](C)/C(C)=N\NC(=O)COc1ccccc1Cl. The van der Waals surface area contributed by atoms with Gasteiger partial charge in [-0.2, -0.15) is 5.10 Å². The van der Waals surface area contributed by atoms with Crippen LogP contribution in [0.4, 0.5) is 0 Å².